The van der Waals surface area contributed by atoms with Crippen molar-refractivity contribution >= 4 is 24.4 Å². The maximum Gasteiger partial charge on any atom is 0.514 e. The number of carbonyl (C=O) groups excluding carboxylic acids is 3. The summed E-state index contributed by atoms with van der Waals surface area (Å²) in [6, 6.07) is 10.8. The molecule has 0 saturated heterocycles. The van der Waals surface area contributed by atoms with E-state index < -0.39 is 42.5 Å². The molecule has 0 saturated carbocycles. The summed E-state index contributed by atoms with van der Waals surface area (Å²) in [6.07, 6.45) is -3.95. The molecule has 3 atom stereocenters. The summed E-state index contributed by atoms with van der Waals surface area (Å²) in [4.78, 5) is 47.6. The summed E-state index contributed by atoms with van der Waals surface area (Å²) in [5.74, 6) is -2.37. The number of benzene rings is 2. The number of rotatable bonds is 11. The van der Waals surface area contributed by atoms with E-state index in [4.69, 9.17) is 34.2 Å². The molecule has 2 unspecified atom stereocenters. The molecule has 200 valence electrons. The highest BCUT2D eigenvalue weighted by Crippen LogP contribution is 2.35. The fourth-order valence-corrected chi connectivity index (χ4v) is 3.23. The fraction of sp³-hybridized carbons (Fsp3) is 0.360. The molecule has 12 nitrogen and oxygen atoms in total. The van der Waals surface area contributed by atoms with Crippen LogP contribution in [0.15, 0.2) is 48.5 Å². The molecular weight excluding hydrogens is 490 g/mol. The first-order valence-electron chi connectivity index (χ1n) is 11.4. The van der Waals surface area contributed by atoms with Crippen LogP contribution in [0.3, 0.4) is 0 Å². The Hall–Kier alpha value is -4.32. The van der Waals surface area contributed by atoms with E-state index in [2.05, 4.69) is 0 Å². The van der Waals surface area contributed by atoms with E-state index in [1.54, 1.807) is 51.1 Å². The van der Waals surface area contributed by atoms with Crippen molar-refractivity contribution in [2.24, 2.45) is 5.73 Å². The largest absolute Gasteiger partial charge is 0.514 e. The molecule has 0 amide bonds. The smallest absolute Gasteiger partial charge is 0.480 e. The molecule has 0 heterocycles. The van der Waals surface area contributed by atoms with E-state index in [0.717, 1.165) is 0 Å². The van der Waals surface area contributed by atoms with E-state index in [9.17, 15) is 24.3 Å². The average Bonchev–Trinajstić information content (AvgIpc) is 2.84. The first-order chi connectivity index (χ1) is 17.6. The van der Waals surface area contributed by atoms with Gasteiger partial charge in [-0.05, 0) is 57.0 Å². The Morgan fingerprint density at radius 3 is 2.00 bits per heavy atom. The standard InChI is InChI=1S/C25H29NO11/c1-4-32-23(29)36-19-12-11-16(14-20(19)37-24(30)33-5-2)18(21(26)22(27)28)13-15(3)34-25(31)35-17-9-7-6-8-10-17/h6-12,14-15,18,21H,4-5,13,26H2,1-3H3,(H,27,28)/t15?,18?,21-/m0/s1. The highest BCUT2D eigenvalue weighted by molar-refractivity contribution is 5.75. The highest BCUT2D eigenvalue weighted by Gasteiger charge is 2.30. The lowest BCUT2D eigenvalue weighted by molar-refractivity contribution is -0.139. The van der Waals surface area contributed by atoms with E-state index in [1.807, 2.05) is 0 Å². The van der Waals surface area contributed by atoms with Gasteiger partial charge in [0, 0.05) is 5.92 Å². The number of aliphatic carboxylic acids is 1. The molecule has 3 N–H and O–H groups in total. The molecule has 0 aliphatic carbocycles. The van der Waals surface area contributed by atoms with Crippen molar-refractivity contribution in [3.63, 3.8) is 0 Å². The number of carbonyl (C=O) groups is 4. The zero-order valence-corrected chi connectivity index (χ0v) is 20.6. The second-order valence-electron chi connectivity index (χ2n) is 7.58. The lowest BCUT2D eigenvalue weighted by Gasteiger charge is -2.25. The molecule has 2 aromatic rings. The SMILES string of the molecule is CCOC(=O)Oc1ccc(C(CC(C)OC(=O)Oc2ccccc2)[C@H](N)C(=O)O)cc1OC(=O)OCC. The molecule has 0 spiro atoms. The molecule has 0 radical (unpaired) electrons. The lowest BCUT2D eigenvalue weighted by Crippen LogP contribution is -2.38. The molecule has 0 aliphatic rings. The van der Waals surface area contributed by atoms with E-state index >= 15 is 0 Å². The van der Waals surface area contributed by atoms with Gasteiger partial charge in [-0.15, -0.1) is 0 Å². The Balaban J connectivity index is 2.28. The van der Waals surface area contributed by atoms with Crippen LogP contribution >= 0.6 is 0 Å². The Morgan fingerprint density at radius 1 is 0.838 bits per heavy atom. The van der Waals surface area contributed by atoms with Crippen molar-refractivity contribution in [1.29, 1.82) is 0 Å². The zero-order valence-electron chi connectivity index (χ0n) is 20.6. The number of ether oxygens (including phenoxy) is 6. The molecular formula is C25H29NO11. The van der Waals surface area contributed by atoms with Gasteiger partial charge in [0.1, 0.15) is 17.9 Å². The van der Waals surface area contributed by atoms with Crippen LogP contribution in [-0.2, 0) is 19.0 Å². The minimum absolute atomic E-state index is 0.0209. The molecule has 0 fully saturated rings. The van der Waals surface area contributed by atoms with Crippen LogP contribution < -0.4 is 19.9 Å². The fourth-order valence-electron chi connectivity index (χ4n) is 3.23. The molecule has 37 heavy (non-hydrogen) atoms. The highest BCUT2D eigenvalue weighted by atomic mass is 16.7. The van der Waals surface area contributed by atoms with Gasteiger partial charge < -0.3 is 39.3 Å². The minimum atomic E-state index is -1.43. The van der Waals surface area contributed by atoms with Gasteiger partial charge in [-0.25, -0.2) is 14.4 Å². The second-order valence-corrected chi connectivity index (χ2v) is 7.58. The van der Waals surface area contributed by atoms with Crippen LogP contribution in [0.1, 0.15) is 38.7 Å². The van der Waals surface area contributed by atoms with Crippen molar-refractivity contribution in [3.8, 4) is 17.2 Å². The third-order valence-electron chi connectivity index (χ3n) is 4.85. The maximum atomic E-state index is 12.2. The van der Waals surface area contributed by atoms with Crippen LogP contribution in [0.2, 0.25) is 0 Å². The van der Waals surface area contributed by atoms with E-state index in [0.29, 0.717) is 5.56 Å². The monoisotopic (exact) mass is 519 g/mol. The van der Waals surface area contributed by atoms with Gasteiger partial charge in [0.05, 0.1) is 13.2 Å². The van der Waals surface area contributed by atoms with Crippen molar-refractivity contribution in [2.75, 3.05) is 13.2 Å². The van der Waals surface area contributed by atoms with Crippen molar-refractivity contribution < 1.29 is 52.7 Å². The van der Waals surface area contributed by atoms with Gasteiger partial charge in [0.15, 0.2) is 11.5 Å². The second kappa shape index (κ2) is 14.3. The summed E-state index contributed by atoms with van der Waals surface area (Å²) in [7, 11) is 0. The Bertz CT molecular complexity index is 1070. The molecule has 0 aliphatic heterocycles. The van der Waals surface area contributed by atoms with Crippen molar-refractivity contribution in [3.05, 3.63) is 54.1 Å². The summed E-state index contributed by atoms with van der Waals surface area (Å²) in [5, 5.41) is 9.57. The number of carboxylic acid groups (broad SMARTS) is 1. The minimum Gasteiger partial charge on any atom is -0.480 e. The molecule has 2 rings (SSSR count). The number of hydrogen-bond donors (Lipinski definition) is 2. The lowest BCUT2D eigenvalue weighted by atomic mass is 9.87. The van der Waals surface area contributed by atoms with Gasteiger partial charge in [0.2, 0.25) is 0 Å². The molecule has 2 aromatic carbocycles. The molecule has 12 heteroatoms. The van der Waals surface area contributed by atoms with Crippen LogP contribution in [0.5, 0.6) is 17.2 Å². The first-order valence-corrected chi connectivity index (χ1v) is 11.4. The van der Waals surface area contributed by atoms with Gasteiger partial charge >= 0.3 is 24.4 Å². The van der Waals surface area contributed by atoms with Crippen LogP contribution in [0.25, 0.3) is 0 Å². The van der Waals surface area contributed by atoms with Gasteiger partial charge in [-0.1, -0.05) is 24.3 Å². The summed E-state index contributed by atoms with van der Waals surface area (Å²) in [6.45, 7) is 4.76. The molecule has 0 bridgehead atoms. The van der Waals surface area contributed by atoms with E-state index in [-0.39, 0.29) is 36.9 Å². The normalized spacial score (nSPS) is 12.9. The van der Waals surface area contributed by atoms with Crippen LogP contribution in [-0.4, -0.2) is 54.9 Å². The summed E-state index contributed by atoms with van der Waals surface area (Å²) in [5.41, 5.74) is 6.25. The Labute approximate surface area is 213 Å². The predicted molar refractivity (Wildman–Crippen MR) is 128 cm³/mol. The quantitative estimate of drug-likeness (QED) is 0.246. The number of carboxylic acids is 1. The third-order valence-corrected chi connectivity index (χ3v) is 4.85. The maximum absolute atomic E-state index is 12.2. The van der Waals surface area contributed by atoms with Gasteiger partial charge in [-0.3, -0.25) is 4.79 Å². The zero-order chi connectivity index (χ0) is 27.4. The van der Waals surface area contributed by atoms with Crippen molar-refractivity contribution in [2.45, 2.75) is 45.3 Å². The van der Waals surface area contributed by atoms with Gasteiger partial charge in [0.25, 0.3) is 0 Å². The molecule has 0 aromatic heterocycles. The van der Waals surface area contributed by atoms with Crippen molar-refractivity contribution in [1.82, 2.24) is 0 Å². The van der Waals surface area contributed by atoms with Crippen LogP contribution in [0, 0.1) is 0 Å². The Morgan fingerprint density at radius 2 is 1.43 bits per heavy atom. The Kier molecular flexibility index (Phi) is 11.2. The topological polar surface area (TPSA) is 170 Å². The first kappa shape index (κ1) is 28.9. The van der Waals surface area contributed by atoms with Crippen LogP contribution in [0.4, 0.5) is 14.4 Å². The number of para-hydroxylation sites is 1. The summed E-state index contributed by atoms with van der Waals surface area (Å²) >= 11 is 0. The van der Waals surface area contributed by atoms with Gasteiger partial charge in [-0.2, -0.15) is 0 Å². The third kappa shape index (κ3) is 9.33. The summed E-state index contributed by atoms with van der Waals surface area (Å²) < 4.78 is 30.1. The average molecular weight is 520 g/mol. The number of hydrogen-bond acceptors (Lipinski definition) is 11. The van der Waals surface area contributed by atoms with E-state index in [1.165, 1.54) is 18.2 Å². The number of nitrogens with two attached hydrogens (primary N) is 1. The predicted octanol–water partition coefficient (Wildman–Crippen LogP) is 4.25.